The Bertz CT molecular complexity index is 1230. The van der Waals surface area contributed by atoms with Crippen LogP contribution in [0.2, 0.25) is 10.0 Å². The molecular weight excluding hydrogens is 523 g/mol. The molecule has 2 amide bonds. The zero-order valence-corrected chi connectivity index (χ0v) is 22.0. The van der Waals surface area contributed by atoms with Crippen LogP contribution in [0.15, 0.2) is 41.3 Å². The highest BCUT2D eigenvalue weighted by Crippen LogP contribution is 2.35. The summed E-state index contributed by atoms with van der Waals surface area (Å²) in [6, 6.07) is 10.7. The molecule has 2 aromatic rings. The topological polar surface area (TPSA) is 112 Å². The summed E-state index contributed by atoms with van der Waals surface area (Å²) in [7, 11) is -3.98. The molecule has 11 heteroatoms. The number of urea groups is 1. The van der Waals surface area contributed by atoms with Gasteiger partial charge >= 0.3 is 6.03 Å². The summed E-state index contributed by atoms with van der Waals surface area (Å²) >= 11 is 12.1. The Morgan fingerprint density at radius 1 is 0.944 bits per heavy atom. The Hall–Kier alpha value is -2.51. The molecule has 1 saturated heterocycles. The van der Waals surface area contributed by atoms with Gasteiger partial charge in [-0.1, -0.05) is 42.5 Å². The summed E-state index contributed by atoms with van der Waals surface area (Å²) in [5.74, 6) is 0.347. The van der Waals surface area contributed by atoms with E-state index in [4.69, 9.17) is 27.9 Å². The number of hydrogen-bond donors (Lipinski definition) is 2. The van der Waals surface area contributed by atoms with E-state index in [9.17, 15) is 18.5 Å². The van der Waals surface area contributed by atoms with Crippen LogP contribution in [0.5, 0.6) is 11.5 Å². The number of halogens is 2. The maximum absolute atomic E-state index is 13.6. The van der Waals surface area contributed by atoms with Crippen LogP contribution in [-0.4, -0.2) is 43.9 Å². The molecule has 0 bridgehead atoms. The second kappa shape index (κ2) is 11.7. The molecule has 1 aliphatic carbocycles. The summed E-state index contributed by atoms with van der Waals surface area (Å²) < 4.78 is 34.4. The molecule has 0 unspecified atom stereocenters. The van der Waals surface area contributed by atoms with Crippen LogP contribution in [0.1, 0.15) is 50.5 Å². The molecule has 36 heavy (non-hydrogen) atoms. The first-order valence-electron chi connectivity index (χ1n) is 12.0. The van der Waals surface area contributed by atoms with Gasteiger partial charge in [0.15, 0.2) is 0 Å². The van der Waals surface area contributed by atoms with Crippen molar-refractivity contribution in [2.45, 2.75) is 61.9 Å². The molecule has 2 aromatic carbocycles. The van der Waals surface area contributed by atoms with Gasteiger partial charge in [-0.05, 0) is 62.1 Å². The number of carbonyl (C=O) groups excluding carboxylic acids is 1. The summed E-state index contributed by atoms with van der Waals surface area (Å²) in [6.07, 6.45) is 6.43. The number of sulfonamides is 1. The van der Waals surface area contributed by atoms with E-state index in [1.807, 2.05) is 6.07 Å². The summed E-state index contributed by atoms with van der Waals surface area (Å²) in [5, 5.41) is 16.1. The van der Waals surface area contributed by atoms with Crippen molar-refractivity contribution in [3.8, 4) is 17.6 Å². The number of nitrogens with one attached hydrogen (secondary N) is 2. The highest BCUT2D eigenvalue weighted by molar-refractivity contribution is 7.89. The number of hydrogen-bond acceptors (Lipinski definition) is 5. The molecule has 2 N–H and O–H groups in total. The van der Waals surface area contributed by atoms with E-state index in [0.29, 0.717) is 22.9 Å². The molecule has 2 aliphatic rings. The third-order valence-corrected chi connectivity index (χ3v) is 8.84. The molecule has 1 saturated carbocycles. The zero-order valence-electron chi connectivity index (χ0n) is 19.7. The minimum Gasteiger partial charge on any atom is -0.456 e. The second-order valence-corrected chi connectivity index (χ2v) is 11.9. The van der Waals surface area contributed by atoms with Crippen molar-refractivity contribution in [2.75, 3.05) is 13.1 Å². The summed E-state index contributed by atoms with van der Waals surface area (Å²) in [4.78, 5) is 12.3. The first-order chi connectivity index (χ1) is 17.2. The van der Waals surface area contributed by atoms with Crippen LogP contribution in [0.25, 0.3) is 0 Å². The fraction of sp³-hybridized carbons (Fsp3) is 0.440. The van der Waals surface area contributed by atoms with Crippen molar-refractivity contribution >= 4 is 39.3 Å². The van der Waals surface area contributed by atoms with Crippen molar-refractivity contribution in [1.82, 2.24) is 14.9 Å². The Morgan fingerprint density at radius 3 is 2.17 bits per heavy atom. The van der Waals surface area contributed by atoms with E-state index in [-0.39, 0.29) is 53.2 Å². The monoisotopic (exact) mass is 550 g/mol. The predicted octanol–water partition coefficient (Wildman–Crippen LogP) is 5.44. The fourth-order valence-corrected chi connectivity index (χ4v) is 6.73. The van der Waals surface area contributed by atoms with Gasteiger partial charge in [0.2, 0.25) is 10.0 Å². The van der Waals surface area contributed by atoms with E-state index in [0.717, 1.165) is 25.7 Å². The van der Waals surface area contributed by atoms with Crippen LogP contribution in [-0.2, 0) is 10.0 Å². The van der Waals surface area contributed by atoms with Crippen molar-refractivity contribution in [3.05, 3.63) is 52.0 Å². The van der Waals surface area contributed by atoms with Crippen molar-refractivity contribution in [2.24, 2.45) is 0 Å². The maximum atomic E-state index is 13.6. The molecule has 4 rings (SSSR count). The number of benzene rings is 2. The van der Waals surface area contributed by atoms with Gasteiger partial charge in [0.1, 0.15) is 16.4 Å². The third-order valence-electron chi connectivity index (χ3n) is 6.48. The van der Waals surface area contributed by atoms with E-state index < -0.39 is 10.0 Å². The van der Waals surface area contributed by atoms with Crippen LogP contribution < -0.4 is 15.4 Å². The van der Waals surface area contributed by atoms with Crippen molar-refractivity contribution in [1.29, 1.82) is 5.26 Å². The smallest absolute Gasteiger partial charge is 0.315 e. The molecule has 8 nitrogen and oxygen atoms in total. The van der Waals surface area contributed by atoms with Gasteiger partial charge in [-0.15, -0.1) is 0 Å². The Kier molecular flexibility index (Phi) is 8.62. The van der Waals surface area contributed by atoms with E-state index in [1.54, 1.807) is 6.07 Å². The van der Waals surface area contributed by atoms with Crippen LogP contribution in [0.3, 0.4) is 0 Å². The average Bonchev–Trinajstić information content (AvgIpc) is 2.84. The lowest BCUT2D eigenvalue weighted by molar-refractivity contribution is 0.220. The number of rotatable bonds is 6. The zero-order chi connectivity index (χ0) is 25.7. The molecule has 0 spiro atoms. The van der Waals surface area contributed by atoms with Gasteiger partial charge in [-0.3, -0.25) is 0 Å². The largest absolute Gasteiger partial charge is 0.456 e. The summed E-state index contributed by atoms with van der Waals surface area (Å²) in [5.41, 5.74) is 0.195. The second-order valence-electron chi connectivity index (χ2n) is 9.11. The fourth-order valence-electron chi connectivity index (χ4n) is 4.62. The lowest BCUT2D eigenvalue weighted by atomic mass is 9.96. The van der Waals surface area contributed by atoms with Crippen LogP contribution in [0, 0.1) is 11.3 Å². The van der Waals surface area contributed by atoms with Crippen molar-refractivity contribution < 1.29 is 17.9 Å². The number of nitriles is 1. The number of carbonyl (C=O) groups is 1. The predicted molar refractivity (Wildman–Crippen MR) is 138 cm³/mol. The van der Waals surface area contributed by atoms with Gasteiger partial charge in [0.05, 0.1) is 11.6 Å². The molecule has 0 atom stereocenters. The third kappa shape index (κ3) is 6.62. The van der Waals surface area contributed by atoms with Gasteiger partial charge < -0.3 is 15.4 Å². The molecule has 1 heterocycles. The SMILES string of the molecule is N#Cc1ccc(Oc2cc(Cl)cc(Cl)c2)c(S(=O)(=O)N2CCC(NC(=O)NC3CCCCC3)CC2)c1. The Labute approximate surface area is 221 Å². The number of piperidine rings is 1. The number of nitrogens with zero attached hydrogens (tertiary/aromatic N) is 2. The molecular formula is C25H28Cl2N4O4S. The summed E-state index contributed by atoms with van der Waals surface area (Å²) in [6.45, 7) is 0.464. The number of ether oxygens (including phenoxy) is 1. The molecule has 0 radical (unpaired) electrons. The molecule has 1 aliphatic heterocycles. The normalized spacial score (nSPS) is 17.8. The van der Waals surface area contributed by atoms with Gasteiger partial charge in [-0.2, -0.15) is 9.57 Å². The van der Waals surface area contributed by atoms with Crippen LogP contribution >= 0.6 is 23.2 Å². The molecule has 2 fully saturated rings. The highest BCUT2D eigenvalue weighted by atomic mass is 35.5. The quantitative estimate of drug-likeness (QED) is 0.497. The van der Waals surface area contributed by atoms with E-state index in [1.165, 1.54) is 41.1 Å². The first-order valence-corrected chi connectivity index (χ1v) is 14.2. The minimum atomic E-state index is -3.98. The van der Waals surface area contributed by atoms with Gasteiger partial charge in [0.25, 0.3) is 0 Å². The molecule has 192 valence electrons. The van der Waals surface area contributed by atoms with Gasteiger partial charge in [0, 0.05) is 35.2 Å². The number of amides is 2. The Balaban J connectivity index is 1.44. The van der Waals surface area contributed by atoms with Crippen LogP contribution in [0.4, 0.5) is 4.79 Å². The standard InChI is InChI=1S/C25H28Cl2N4O4S/c26-18-13-19(27)15-22(14-18)35-23-7-6-17(16-28)12-24(23)36(33,34)31-10-8-21(9-11-31)30-25(32)29-20-4-2-1-3-5-20/h6-7,12-15,20-21H,1-5,8-11H2,(H2,29,30,32). The first kappa shape index (κ1) is 26.6. The molecule has 0 aromatic heterocycles. The maximum Gasteiger partial charge on any atom is 0.315 e. The minimum absolute atomic E-state index is 0.0689. The lowest BCUT2D eigenvalue weighted by Crippen LogP contribution is -2.51. The van der Waals surface area contributed by atoms with E-state index in [2.05, 4.69) is 10.6 Å². The van der Waals surface area contributed by atoms with Crippen molar-refractivity contribution in [3.63, 3.8) is 0 Å². The average molecular weight is 551 g/mol. The van der Waals surface area contributed by atoms with E-state index >= 15 is 0 Å². The Morgan fingerprint density at radius 2 is 1.56 bits per heavy atom. The lowest BCUT2D eigenvalue weighted by Gasteiger charge is -2.32. The van der Waals surface area contributed by atoms with Gasteiger partial charge in [-0.25, -0.2) is 13.2 Å². The highest BCUT2D eigenvalue weighted by Gasteiger charge is 2.33.